The molecule has 3 heteroatoms. The fourth-order valence-corrected chi connectivity index (χ4v) is 4.02. The van der Waals surface area contributed by atoms with Crippen molar-refractivity contribution < 1.29 is 9.47 Å². The van der Waals surface area contributed by atoms with Crippen LogP contribution in [0.15, 0.2) is 0 Å². The highest BCUT2D eigenvalue weighted by Gasteiger charge is 2.41. The molecule has 0 bridgehead atoms. The summed E-state index contributed by atoms with van der Waals surface area (Å²) >= 11 is 0. The molecule has 1 heterocycles. The third-order valence-corrected chi connectivity index (χ3v) is 5.26. The molecule has 0 aromatic carbocycles. The maximum absolute atomic E-state index is 5.81. The van der Waals surface area contributed by atoms with Crippen molar-refractivity contribution in [2.75, 3.05) is 20.3 Å². The number of nitrogens with zero attached hydrogens (tertiary/aromatic N) is 1. The monoisotopic (exact) mass is 253 g/mol. The molecule has 1 saturated heterocycles. The minimum atomic E-state index is -0.191. The van der Waals surface area contributed by atoms with Crippen molar-refractivity contribution in [2.24, 2.45) is 0 Å². The van der Waals surface area contributed by atoms with Crippen LogP contribution in [0.25, 0.3) is 0 Å². The lowest BCUT2D eigenvalue weighted by atomic mass is 9.86. The van der Waals surface area contributed by atoms with E-state index in [0.29, 0.717) is 0 Å². The van der Waals surface area contributed by atoms with Gasteiger partial charge >= 0.3 is 0 Å². The SMILES string of the molecule is CN(C1CCCCC1)C1CCC2(CC1)OCCO2. The zero-order chi connectivity index (χ0) is 12.4. The van der Waals surface area contributed by atoms with Gasteiger partial charge in [-0.3, -0.25) is 0 Å². The van der Waals surface area contributed by atoms with Crippen LogP contribution >= 0.6 is 0 Å². The summed E-state index contributed by atoms with van der Waals surface area (Å²) in [4.78, 5) is 2.67. The molecule has 0 unspecified atom stereocenters. The van der Waals surface area contributed by atoms with Gasteiger partial charge in [0.1, 0.15) is 0 Å². The summed E-state index contributed by atoms with van der Waals surface area (Å²) in [5.74, 6) is -0.191. The Morgan fingerprint density at radius 3 is 2.00 bits per heavy atom. The average molecular weight is 253 g/mol. The first kappa shape index (κ1) is 12.9. The Hall–Kier alpha value is -0.120. The summed E-state index contributed by atoms with van der Waals surface area (Å²) in [5.41, 5.74) is 0. The second kappa shape index (κ2) is 5.48. The van der Waals surface area contributed by atoms with Gasteiger partial charge in [-0.2, -0.15) is 0 Å². The average Bonchev–Trinajstić information content (AvgIpc) is 2.88. The molecule has 1 spiro atoms. The van der Waals surface area contributed by atoms with Gasteiger partial charge in [0.05, 0.1) is 13.2 Å². The van der Waals surface area contributed by atoms with Crippen molar-refractivity contribution in [3.63, 3.8) is 0 Å². The zero-order valence-electron chi connectivity index (χ0n) is 11.7. The maximum Gasteiger partial charge on any atom is 0.168 e. The van der Waals surface area contributed by atoms with Crippen molar-refractivity contribution in [1.82, 2.24) is 4.90 Å². The first-order chi connectivity index (χ1) is 8.79. The molecule has 2 aliphatic carbocycles. The smallest absolute Gasteiger partial charge is 0.168 e. The quantitative estimate of drug-likeness (QED) is 0.755. The van der Waals surface area contributed by atoms with E-state index in [0.717, 1.165) is 38.1 Å². The van der Waals surface area contributed by atoms with Crippen LogP contribution in [0.5, 0.6) is 0 Å². The van der Waals surface area contributed by atoms with E-state index >= 15 is 0 Å². The van der Waals surface area contributed by atoms with Gasteiger partial charge in [0.2, 0.25) is 0 Å². The Balaban J connectivity index is 1.52. The van der Waals surface area contributed by atoms with Crippen molar-refractivity contribution >= 4 is 0 Å². The van der Waals surface area contributed by atoms with Crippen molar-refractivity contribution in [3.05, 3.63) is 0 Å². The molecule has 1 aliphatic heterocycles. The predicted molar refractivity (Wildman–Crippen MR) is 71.5 cm³/mol. The number of hydrogen-bond donors (Lipinski definition) is 0. The van der Waals surface area contributed by atoms with Gasteiger partial charge in [-0.05, 0) is 32.7 Å². The molecule has 0 N–H and O–H groups in total. The lowest BCUT2D eigenvalue weighted by molar-refractivity contribution is -0.184. The molecule has 104 valence electrons. The lowest BCUT2D eigenvalue weighted by Crippen LogP contribution is -2.46. The first-order valence-electron chi connectivity index (χ1n) is 7.79. The van der Waals surface area contributed by atoms with Gasteiger partial charge in [-0.1, -0.05) is 19.3 Å². The van der Waals surface area contributed by atoms with E-state index in [1.165, 1.54) is 44.9 Å². The van der Waals surface area contributed by atoms with E-state index in [1.807, 2.05) is 0 Å². The van der Waals surface area contributed by atoms with Crippen LogP contribution in [0.3, 0.4) is 0 Å². The zero-order valence-corrected chi connectivity index (χ0v) is 11.7. The highest BCUT2D eigenvalue weighted by molar-refractivity contribution is 4.88. The fraction of sp³-hybridized carbons (Fsp3) is 1.00. The van der Waals surface area contributed by atoms with Crippen molar-refractivity contribution in [3.8, 4) is 0 Å². The summed E-state index contributed by atoms with van der Waals surface area (Å²) < 4.78 is 11.6. The van der Waals surface area contributed by atoms with Gasteiger partial charge in [-0.15, -0.1) is 0 Å². The van der Waals surface area contributed by atoms with Gasteiger partial charge < -0.3 is 14.4 Å². The second-order valence-corrected chi connectivity index (χ2v) is 6.30. The first-order valence-corrected chi connectivity index (χ1v) is 7.79. The molecule has 0 aromatic heterocycles. The van der Waals surface area contributed by atoms with Crippen LogP contribution in [0, 0.1) is 0 Å². The maximum atomic E-state index is 5.81. The van der Waals surface area contributed by atoms with E-state index in [1.54, 1.807) is 0 Å². The third-order valence-electron chi connectivity index (χ3n) is 5.26. The minimum absolute atomic E-state index is 0.191. The van der Waals surface area contributed by atoms with E-state index in [9.17, 15) is 0 Å². The molecule has 18 heavy (non-hydrogen) atoms. The molecule has 0 radical (unpaired) electrons. The number of rotatable bonds is 2. The van der Waals surface area contributed by atoms with Crippen LogP contribution < -0.4 is 0 Å². The third kappa shape index (κ3) is 2.59. The minimum Gasteiger partial charge on any atom is -0.348 e. The molecule has 0 atom stereocenters. The lowest BCUT2D eigenvalue weighted by Gasteiger charge is -2.43. The summed E-state index contributed by atoms with van der Waals surface area (Å²) in [6.45, 7) is 1.59. The van der Waals surface area contributed by atoms with E-state index in [-0.39, 0.29) is 5.79 Å². The van der Waals surface area contributed by atoms with Crippen molar-refractivity contribution in [1.29, 1.82) is 0 Å². The summed E-state index contributed by atoms with van der Waals surface area (Å²) in [7, 11) is 2.34. The highest BCUT2D eigenvalue weighted by Crippen LogP contribution is 2.38. The second-order valence-electron chi connectivity index (χ2n) is 6.30. The van der Waals surface area contributed by atoms with Crippen LogP contribution in [0.4, 0.5) is 0 Å². The van der Waals surface area contributed by atoms with Crippen LogP contribution in [-0.4, -0.2) is 43.0 Å². The number of ether oxygens (including phenoxy) is 2. The molecule has 0 amide bonds. The van der Waals surface area contributed by atoms with Crippen LogP contribution in [0.1, 0.15) is 57.8 Å². The van der Waals surface area contributed by atoms with Crippen LogP contribution in [0.2, 0.25) is 0 Å². The van der Waals surface area contributed by atoms with Crippen LogP contribution in [-0.2, 0) is 9.47 Å². The topological polar surface area (TPSA) is 21.7 Å². The highest BCUT2D eigenvalue weighted by atomic mass is 16.7. The number of hydrogen-bond acceptors (Lipinski definition) is 3. The predicted octanol–water partition coefficient (Wildman–Crippen LogP) is 2.94. The summed E-state index contributed by atoms with van der Waals surface area (Å²) in [6, 6.07) is 1.59. The largest absolute Gasteiger partial charge is 0.348 e. The molecule has 3 fully saturated rings. The summed E-state index contributed by atoms with van der Waals surface area (Å²) in [5, 5.41) is 0. The van der Waals surface area contributed by atoms with Gasteiger partial charge in [0.15, 0.2) is 5.79 Å². The Bertz CT molecular complexity index is 260. The molecule has 0 aromatic rings. The van der Waals surface area contributed by atoms with E-state index in [2.05, 4.69) is 11.9 Å². The molecule has 3 rings (SSSR count). The molecule has 3 aliphatic rings. The fourth-order valence-electron chi connectivity index (χ4n) is 4.02. The van der Waals surface area contributed by atoms with E-state index < -0.39 is 0 Å². The Labute approximate surface area is 111 Å². The van der Waals surface area contributed by atoms with Gasteiger partial charge in [0, 0.05) is 24.9 Å². The Morgan fingerprint density at radius 1 is 0.833 bits per heavy atom. The Morgan fingerprint density at radius 2 is 1.39 bits per heavy atom. The van der Waals surface area contributed by atoms with Crippen molar-refractivity contribution in [2.45, 2.75) is 75.7 Å². The van der Waals surface area contributed by atoms with Gasteiger partial charge in [-0.25, -0.2) is 0 Å². The molecular weight excluding hydrogens is 226 g/mol. The standard InChI is InChI=1S/C15H27NO2/c1-16(13-5-3-2-4-6-13)14-7-9-15(10-8-14)17-11-12-18-15/h13-14H,2-12H2,1H3. The normalized spacial score (nSPS) is 30.3. The molecular formula is C15H27NO2. The summed E-state index contributed by atoms with van der Waals surface area (Å²) in [6.07, 6.45) is 11.8. The Kier molecular flexibility index (Phi) is 3.92. The molecule has 2 saturated carbocycles. The van der Waals surface area contributed by atoms with Gasteiger partial charge in [0.25, 0.3) is 0 Å². The van der Waals surface area contributed by atoms with E-state index in [4.69, 9.17) is 9.47 Å². The molecule has 3 nitrogen and oxygen atoms in total.